The number of esters is 1. The summed E-state index contributed by atoms with van der Waals surface area (Å²) >= 11 is 0. The van der Waals surface area contributed by atoms with E-state index in [-0.39, 0.29) is 11.9 Å². The van der Waals surface area contributed by atoms with Crippen LogP contribution in [0, 0.1) is 11.3 Å². The minimum Gasteiger partial charge on any atom is -0.469 e. The molecule has 0 aliphatic carbocycles. The van der Waals surface area contributed by atoms with E-state index in [4.69, 9.17) is 0 Å². The van der Waals surface area contributed by atoms with Crippen LogP contribution >= 0.6 is 0 Å². The number of ether oxygens (including phenoxy) is 1. The summed E-state index contributed by atoms with van der Waals surface area (Å²) in [6, 6.07) is 0. The first-order chi connectivity index (χ1) is 6.15. The minimum atomic E-state index is -0.693. The van der Waals surface area contributed by atoms with Crippen molar-refractivity contribution in [1.29, 1.82) is 0 Å². The van der Waals surface area contributed by atoms with E-state index < -0.39 is 12.1 Å². The molecule has 0 aromatic rings. The molecule has 0 radical (unpaired) electrons. The quantitative estimate of drug-likeness (QED) is 0.651. The maximum Gasteiger partial charge on any atom is 0.313 e. The van der Waals surface area contributed by atoms with Gasteiger partial charge in [-0.25, -0.2) is 0 Å². The molecule has 1 aliphatic rings. The second-order valence-electron chi connectivity index (χ2n) is 3.73. The molecule has 0 bridgehead atoms. The van der Waals surface area contributed by atoms with Crippen LogP contribution in [-0.4, -0.2) is 32.8 Å². The van der Waals surface area contributed by atoms with Gasteiger partial charge in [0, 0.05) is 12.5 Å². The lowest BCUT2D eigenvalue weighted by atomic mass is 9.73. The molecule has 1 saturated heterocycles. The number of piperidine rings is 1. The Kier molecular flexibility index (Phi) is 3.25. The van der Waals surface area contributed by atoms with E-state index in [2.05, 4.69) is 10.1 Å². The van der Waals surface area contributed by atoms with E-state index >= 15 is 0 Å². The van der Waals surface area contributed by atoms with Crippen molar-refractivity contribution in [3.8, 4) is 0 Å². The number of nitrogens with one attached hydrogen (secondary N) is 1. The fraction of sp³-hybridized carbons (Fsp3) is 0.889. The second kappa shape index (κ2) is 4.05. The smallest absolute Gasteiger partial charge is 0.313 e. The van der Waals surface area contributed by atoms with Gasteiger partial charge in [0.05, 0.1) is 19.2 Å². The highest BCUT2D eigenvalue weighted by Gasteiger charge is 2.43. The average molecular weight is 189 g/mol. The van der Waals surface area contributed by atoms with Gasteiger partial charge in [-0.3, -0.25) is 9.18 Å². The standard InChI is InChI=1S/C9H16FNO2/c1-9(8(12)13-2)6-11-4-3-7(9)5-10/h7,11H,3-6H2,1-2H3/t7-,9-/m1/s1. The van der Waals surface area contributed by atoms with E-state index in [1.807, 2.05) is 0 Å². The molecule has 1 rings (SSSR count). The van der Waals surface area contributed by atoms with Gasteiger partial charge in [-0.15, -0.1) is 0 Å². The monoisotopic (exact) mass is 189 g/mol. The highest BCUT2D eigenvalue weighted by atomic mass is 19.1. The number of methoxy groups -OCH3 is 1. The van der Waals surface area contributed by atoms with Crippen LogP contribution in [-0.2, 0) is 9.53 Å². The van der Waals surface area contributed by atoms with Crippen molar-refractivity contribution >= 4 is 5.97 Å². The largest absolute Gasteiger partial charge is 0.469 e. The van der Waals surface area contributed by atoms with Crippen LogP contribution in [0.3, 0.4) is 0 Å². The second-order valence-corrected chi connectivity index (χ2v) is 3.73. The topological polar surface area (TPSA) is 38.3 Å². The SMILES string of the molecule is COC(=O)[C@]1(C)CNCC[C@@H]1CF. The lowest BCUT2D eigenvalue weighted by molar-refractivity contribution is -0.156. The first-order valence-electron chi connectivity index (χ1n) is 4.50. The third kappa shape index (κ3) is 1.82. The predicted octanol–water partition coefficient (Wildman–Crippen LogP) is 0.745. The molecule has 0 amide bonds. The third-order valence-electron chi connectivity index (χ3n) is 2.90. The molecule has 0 aromatic heterocycles. The molecule has 0 saturated carbocycles. The summed E-state index contributed by atoms with van der Waals surface area (Å²) in [5.41, 5.74) is -0.693. The molecule has 0 aromatic carbocycles. The number of hydrogen-bond acceptors (Lipinski definition) is 3. The third-order valence-corrected chi connectivity index (χ3v) is 2.90. The summed E-state index contributed by atoms with van der Waals surface area (Å²) in [4.78, 5) is 11.4. The van der Waals surface area contributed by atoms with Gasteiger partial charge >= 0.3 is 5.97 Å². The Labute approximate surface area is 77.6 Å². The zero-order valence-corrected chi connectivity index (χ0v) is 8.10. The Bertz CT molecular complexity index is 198. The summed E-state index contributed by atoms with van der Waals surface area (Å²) in [5.74, 6) is -0.524. The Hall–Kier alpha value is -0.640. The maximum atomic E-state index is 12.6. The van der Waals surface area contributed by atoms with E-state index in [0.717, 1.165) is 6.54 Å². The van der Waals surface area contributed by atoms with Gasteiger partial charge < -0.3 is 10.1 Å². The number of carbonyl (C=O) groups excluding carboxylic acids is 1. The minimum absolute atomic E-state index is 0.207. The highest BCUT2D eigenvalue weighted by Crippen LogP contribution is 2.33. The molecule has 76 valence electrons. The van der Waals surface area contributed by atoms with E-state index in [0.29, 0.717) is 13.0 Å². The Morgan fingerprint density at radius 2 is 2.46 bits per heavy atom. The van der Waals surface area contributed by atoms with E-state index in [1.165, 1.54) is 7.11 Å². The molecular weight excluding hydrogens is 173 g/mol. The maximum absolute atomic E-state index is 12.6. The van der Waals surface area contributed by atoms with Crippen LogP contribution in [0.15, 0.2) is 0 Å². The number of hydrogen-bond donors (Lipinski definition) is 1. The lowest BCUT2D eigenvalue weighted by Crippen LogP contribution is -2.50. The fourth-order valence-corrected chi connectivity index (χ4v) is 1.81. The van der Waals surface area contributed by atoms with Crippen LogP contribution in [0.4, 0.5) is 4.39 Å². The molecule has 1 N–H and O–H groups in total. The summed E-state index contributed by atoms with van der Waals surface area (Å²) < 4.78 is 17.3. The van der Waals surface area contributed by atoms with Gasteiger partial charge in [-0.2, -0.15) is 0 Å². The normalized spacial score (nSPS) is 34.2. The van der Waals surface area contributed by atoms with Crippen molar-refractivity contribution in [3.05, 3.63) is 0 Å². The number of halogens is 1. The average Bonchev–Trinajstić information content (AvgIpc) is 2.17. The molecule has 0 spiro atoms. The van der Waals surface area contributed by atoms with Gasteiger partial charge in [0.15, 0.2) is 0 Å². The van der Waals surface area contributed by atoms with Crippen molar-refractivity contribution in [2.45, 2.75) is 13.3 Å². The van der Waals surface area contributed by atoms with Crippen molar-refractivity contribution < 1.29 is 13.9 Å². The van der Waals surface area contributed by atoms with Crippen molar-refractivity contribution in [1.82, 2.24) is 5.32 Å². The Balaban J connectivity index is 2.76. The van der Waals surface area contributed by atoms with E-state index in [9.17, 15) is 9.18 Å². The molecule has 3 nitrogen and oxygen atoms in total. The molecule has 1 aliphatic heterocycles. The van der Waals surface area contributed by atoms with Crippen molar-refractivity contribution in [2.24, 2.45) is 11.3 Å². The molecule has 13 heavy (non-hydrogen) atoms. The van der Waals surface area contributed by atoms with Gasteiger partial charge in [0.25, 0.3) is 0 Å². The van der Waals surface area contributed by atoms with Crippen LogP contribution in [0.25, 0.3) is 0 Å². The van der Waals surface area contributed by atoms with Crippen LogP contribution in [0.5, 0.6) is 0 Å². The number of alkyl halides is 1. The molecule has 1 heterocycles. The molecule has 1 fully saturated rings. The predicted molar refractivity (Wildman–Crippen MR) is 47.1 cm³/mol. The summed E-state index contributed by atoms with van der Waals surface area (Å²) in [5, 5.41) is 3.09. The van der Waals surface area contributed by atoms with Gasteiger partial charge in [-0.1, -0.05) is 0 Å². The fourth-order valence-electron chi connectivity index (χ4n) is 1.81. The van der Waals surface area contributed by atoms with Crippen LogP contribution in [0.2, 0.25) is 0 Å². The molecular formula is C9H16FNO2. The first-order valence-corrected chi connectivity index (χ1v) is 4.50. The van der Waals surface area contributed by atoms with Gasteiger partial charge in [-0.05, 0) is 19.9 Å². The van der Waals surface area contributed by atoms with Gasteiger partial charge in [0.1, 0.15) is 0 Å². The zero-order chi connectivity index (χ0) is 9.90. The van der Waals surface area contributed by atoms with E-state index in [1.54, 1.807) is 6.92 Å². The zero-order valence-electron chi connectivity index (χ0n) is 8.10. The molecule has 4 heteroatoms. The lowest BCUT2D eigenvalue weighted by Gasteiger charge is -2.37. The van der Waals surface area contributed by atoms with Crippen LogP contribution in [0.1, 0.15) is 13.3 Å². The first kappa shape index (κ1) is 10.4. The molecule has 0 unspecified atom stereocenters. The summed E-state index contributed by atoms with van der Waals surface area (Å²) in [7, 11) is 1.34. The summed E-state index contributed by atoms with van der Waals surface area (Å²) in [6.45, 7) is 2.60. The number of rotatable bonds is 2. The van der Waals surface area contributed by atoms with Crippen LogP contribution < -0.4 is 5.32 Å². The molecule has 2 atom stereocenters. The summed E-state index contributed by atoms with van der Waals surface area (Å²) in [6.07, 6.45) is 0.697. The van der Waals surface area contributed by atoms with Gasteiger partial charge in [0.2, 0.25) is 0 Å². The Morgan fingerprint density at radius 1 is 1.77 bits per heavy atom. The van der Waals surface area contributed by atoms with Crippen molar-refractivity contribution in [2.75, 3.05) is 26.9 Å². The highest BCUT2D eigenvalue weighted by molar-refractivity contribution is 5.77. The number of carbonyl (C=O) groups is 1. The van der Waals surface area contributed by atoms with Crippen molar-refractivity contribution in [3.63, 3.8) is 0 Å². The Morgan fingerprint density at radius 3 is 3.00 bits per heavy atom.